The Kier molecular flexibility index (Phi) is 1.84. The van der Waals surface area contributed by atoms with Gasteiger partial charge in [0.15, 0.2) is 0 Å². The van der Waals surface area contributed by atoms with Gasteiger partial charge < -0.3 is 5.73 Å². The maximum absolute atomic E-state index is 12.8. The molecule has 2 N–H and O–H groups in total. The summed E-state index contributed by atoms with van der Waals surface area (Å²) in [5.74, 6) is -1.10. The highest BCUT2D eigenvalue weighted by Crippen LogP contribution is 2.38. The highest BCUT2D eigenvalue weighted by atomic mass is 19.1. The molecule has 1 aromatic rings. The number of hydrogen-bond acceptors (Lipinski definition) is 1. The first-order chi connectivity index (χ1) is 6.10. The second kappa shape index (κ2) is 2.77. The van der Waals surface area contributed by atoms with E-state index in [9.17, 15) is 8.78 Å². The number of rotatable bonds is 1. The average molecular weight is 183 g/mol. The fourth-order valence-electron chi connectivity index (χ4n) is 1.69. The standard InChI is InChI=1S/C10H11F2N/c11-8-4-7(5-9(12)6-8)10(13)2-1-3-10/h4-6H,1-3,13H2. The Balaban J connectivity index is 2.39. The Morgan fingerprint density at radius 2 is 1.62 bits per heavy atom. The summed E-state index contributed by atoms with van der Waals surface area (Å²) < 4.78 is 25.6. The van der Waals surface area contributed by atoms with Crippen LogP contribution in [0, 0.1) is 11.6 Å². The van der Waals surface area contributed by atoms with Crippen LogP contribution < -0.4 is 5.73 Å². The van der Waals surface area contributed by atoms with Gasteiger partial charge in [-0.1, -0.05) is 0 Å². The zero-order valence-electron chi connectivity index (χ0n) is 7.19. The lowest BCUT2D eigenvalue weighted by Gasteiger charge is -2.38. The van der Waals surface area contributed by atoms with Crippen molar-refractivity contribution in [1.29, 1.82) is 0 Å². The van der Waals surface area contributed by atoms with Crippen LogP contribution in [0.15, 0.2) is 18.2 Å². The summed E-state index contributed by atoms with van der Waals surface area (Å²) in [6.07, 6.45) is 2.67. The molecule has 0 bridgehead atoms. The predicted molar refractivity (Wildman–Crippen MR) is 46.1 cm³/mol. The van der Waals surface area contributed by atoms with Crippen LogP contribution in [-0.4, -0.2) is 0 Å². The molecule has 13 heavy (non-hydrogen) atoms. The highest BCUT2D eigenvalue weighted by molar-refractivity contribution is 5.27. The first kappa shape index (κ1) is 8.63. The second-order valence-corrected chi connectivity index (χ2v) is 3.67. The number of hydrogen-bond donors (Lipinski definition) is 1. The third kappa shape index (κ3) is 1.44. The normalized spacial score (nSPS) is 19.6. The molecule has 0 aliphatic heterocycles. The third-order valence-corrected chi connectivity index (χ3v) is 2.68. The van der Waals surface area contributed by atoms with Crippen LogP contribution >= 0.6 is 0 Å². The van der Waals surface area contributed by atoms with Gasteiger partial charge in [-0.3, -0.25) is 0 Å². The molecule has 1 aromatic carbocycles. The molecule has 0 saturated heterocycles. The zero-order valence-corrected chi connectivity index (χ0v) is 7.19. The van der Waals surface area contributed by atoms with Crippen molar-refractivity contribution in [3.05, 3.63) is 35.4 Å². The molecule has 0 heterocycles. The van der Waals surface area contributed by atoms with Gasteiger partial charge in [-0.05, 0) is 37.0 Å². The van der Waals surface area contributed by atoms with Crippen molar-refractivity contribution in [1.82, 2.24) is 0 Å². The zero-order chi connectivity index (χ0) is 9.47. The van der Waals surface area contributed by atoms with Crippen LogP contribution in [0.3, 0.4) is 0 Å². The van der Waals surface area contributed by atoms with Gasteiger partial charge in [0.25, 0.3) is 0 Å². The molecule has 1 saturated carbocycles. The molecule has 1 aliphatic carbocycles. The smallest absolute Gasteiger partial charge is 0.126 e. The Bertz CT molecular complexity index is 311. The molecule has 0 radical (unpaired) electrons. The van der Waals surface area contributed by atoms with Crippen LogP contribution in [-0.2, 0) is 5.54 Å². The third-order valence-electron chi connectivity index (χ3n) is 2.68. The van der Waals surface area contributed by atoms with E-state index in [1.165, 1.54) is 12.1 Å². The van der Waals surface area contributed by atoms with Crippen molar-refractivity contribution in [2.24, 2.45) is 5.73 Å². The van der Waals surface area contributed by atoms with E-state index in [4.69, 9.17) is 5.73 Å². The summed E-state index contributed by atoms with van der Waals surface area (Å²) in [7, 11) is 0. The molecule has 0 unspecified atom stereocenters. The molecular weight excluding hydrogens is 172 g/mol. The van der Waals surface area contributed by atoms with Crippen LogP contribution in [0.4, 0.5) is 8.78 Å². The topological polar surface area (TPSA) is 26.0 Å². The summed E-state index contributed by atoms with van der Waals surface area (Å²) in [6.45, 7) is 0. The predicted octanol–water partition coefficient (Wildman–Crippen LogP) is 2.30. The summed E-state index contributed by atoms with van der Waals surface area (Å²) in [6, 6.07) is 3.51. The van der Waals surface area contributed by atoms with E-state index in [0.29, 0.717) is 5.56 Å². The van der Waals surface area contributed by atoms with E-state index in [1.807, 2.05) is 0 Å². The molecule has 70 valence electrons. The minimum absolute atomic E-state index is 0.483. The first-order valence-electron chi connectivity index (χ1n) is 4.36. The van der Waals surface area contributed by atoms with E-state index in [2.05, 4.69) is 0 Å². The fraction of sp³-hybridized carbons (Fsp3) is 0.400. The second-order valence-electron chi connectivity index (χ2n) is 3.67. The Morgan fingerprint density at radius 1 is 1.08 bits per heavy atom. The maximum atomic E-state index is 12.8. The number of benzene rings is 1. The lowest BCUT2D eigenvalue weighted by atomic mass is 9.73. The van der Waals surface area contributed by atoms with Crippen LogP contribution in [0.5, 0.6) is 0 Å². The van der Waals surface area contributed by atoms with E-state index >= 15 is 0 Å². The maximum Gasteiger partial charge on any atom is 0.126 e. The van der Waals surface area contributed by atoms with Crippen molar-refractivity contribution < 1.29 is 8.78 Å². The molecular formula is C10H11F2N. The molecule has 2 rings (SSSR count). The van der Waals surface area contributed by atoms with E-state index in [-0.39, 0.29) is 0 Å². The summed E-state index contributed by atoms with van der Waals surface area (Å²) >= 11 is 0. The van der Waals surface area contributed by atoms with Crippen molar-refractivity contribution in [2.75, 3.05) is 0 Å². The van der Waals surface area contributed by atoms with Gasteiger partial charge in [-0.15, -0.1) is 0 Å². The van der Waals surface area contributed by atoms with E-state index in [1.54, 1.807) is 0 Å². The van der Waals surface area contributed by atoms with Gasteiger partial charge in [0.1, 0.15) is 11.6 Å². The summed E-state index contributed by atoms with van der Waals surface area (Å²) in [4.78, 5) is 0. The van der Waals surface area contributed by atoms with Crippen LogP contribution in [0.1, 0.15) is 24.8 Å². The lowest BCUT2D eigenvalue weighted by molar-refractivity contribution is 0.252. The summed E-state index contributed by atoms with van der Waals surface area (Å²) in [5.41, 5.74) is 6.03. The van der Waals surface area contributed by atoms with Gasteiger partial charge >= 0.3 is 0 Å². The monoisotopic (exact) mass is 183 g/mol. The quantitative estimate of drug-likeness (QED) is 0.710. The van der Waals surface area contributed by atoms with Gasteiger partial charge in [-0.25, -0.2) is 8.78 Å². The molecule has 1 nitrogen and oxygen atoms in total. The molecule has 1 fully saturated rings. The van der Waals surface area contributed by atoms with Crippen molar-refractivity contribution in [3.63, 3.8) is 0 Å². The van der Waals surface area contributed by atoms with E-state index < -0.39 is 17.2 Å². The Hall–Kier alpha value is -0.960. The first-order valence-corrected chi connectivity index (χ1v) is 4.36. The summed E-state index contributed by atoms with van der Waals surface area (Å²) in [5, 5.41) is 0. The van der Waals surface area contributed by atoms with E-state index in [0.717, 1.165) is 25.3 Å². The van der Waals surface area contributed by atoms with Crippen molar-refractivity contribution >= 4 is 0 Å². The average Bonchev–Trinajstić information content (AvgIpc) is 1.98. The Labute approximate surface area is 75.6 Å². The molecule has 3 heteroatoms. The van der Waals surface area contributed by atoms with Gasteiger partial charge in [-0.2, -0.15) is 0 Å². The van der Waals surface area contributed by atoms with Gasteiger partial charge in [0, 0.05) is 11.6 Å². The van der Waals surface area contributed by atoms with Crippen LogP contribution in [0.25, 0.3) is 0 Å². The largest absolute Gasteiger partial charge is 0.321 e. The molecule has 0 aromatic heterocycles. The van der Waals surface area contributed by atoms with Crippen molar-refractivity contribution in [2.45, 2.75) is 24.8 Å². The number of halogens is 2. The van der Waals surface area contributed by atoms with Crippen molar-refractivity contribution in [3.8, 4) is 0 Å². The molecule has 0 spiro atoms. The molecule has 1 aliphatic rings. The SMILES string of the molecule is NC1(c2cc(F)cc(F)c2)CCC1. The van der Waals surface area contributed by atoms with Gasteiger partial charge in [0.2, 0.25) is 0 Å². The minimum atomic E-state index is -0.549. The minimum Gasteiger partial charge on any atom is -0.321 e. The van der Waals surface area contributed by atoms with Gasteiger partial charge in [0.05, 0.1) is 0 Å². The highest BCUT2D eigenvalue weighted by Gasteiger charge is 2.34. The fourth-order valence-corrected chi connectivity index (χ4v) is 1.69. The lowest BCUT2D eigenvalue weighted by Crippen LogP contribution is -2.43. The molecule has 0 atom stereocenters. The molecule has 0 amide bonds. The number of nitrogens with two attached hydrogens (primary N) is 1. The van der Waals surface area contributed by atoms with Crippen LogP contribution in [0.2, 0.25) is 0 Å². The Morgan fingerprint density at radius 3 is 2.00 bits per heavy atom.